The van der Waals surface area contributed by atoms with Gasteiger partial charge in [-0.3, -0.25) is 4.98 Å². The molecule has 21 heavy (non-hydrogen) atoms. The highest BCUT2D eigenvalue weighted by atomic mass is 79.9. The molecule has 2 heterocycles. The van der Waals surface area contributed by atoms with Crippen molar-refractivity contribution in [3.63, 3.8) is 0 Å². The number of pyridine rings is 1. The van der Waals surface area contributed by atoms with Gasteiger partial charge in [-0.05, 0) is 34.5 Å². The molecule has 0 aromatic carbocycles. The molecule has 0 saturated carbocycles. The average Bonchev–Trinajstić information content (AvgIpc) is 2.49. The van der Waals surface area contributed by atoms with Crippen LogP contribution in [0.2, 0.25) is 5.02 Å². The van der Waals surface area contributed by atoms with Crippen LogP contribution < -0.4 is 5.32 Å². The van der Waals surface area contributed by atoms with E-state index in [0.717, 1.165) is 29.0 Å². The van der Waals surface area contributed by atoms with Gasteiger partial charge in [-0.25, -0.2) is 9.97 Å². The summed E-state index contributed by atoms with van der Waals surface area (Å²) in [5.74, 6) is 1.20. The highest BCUT2D eigenvalue weighted by Gasteiger charge is 2.15. The SMILES string of the molecule is CCCNc1nc(-c2ncccc2Cl)nc(COC)c1Br. The summed E-state index contributed by atoms with van der Waals surface area (Å²) in [5, 5.41) is 3.78. The topological polar surface area (TPSA) is 59.9 Å². The van der Waals surface area contributed by atoms with Gasteiger partial charge in [0.15, 0.2) is 5.82 Å². The van der Waals surface area contributed by atoms with E-state index >= 15 is 0 Å². The van der Waals surface area contributed by atoms with Gasteiger partial charge < -0.3 is 10.1 Å². The third-order valence-electron chi connectivity index (χ3n) is 2.71. The van der Waals surface area contributed by atoms with Crippen molar-refractivity contribution in [3.05, 3.63) is 33.5 Å². The number of nitrogens with one attached hydrogen (secondary N) is 1. The van der Waals surface area contributed by atoms with Crippen LogP contribution in [0.15, 0.2) is 22.8 Å². The molecule has 5 nitrogen and oxygen atoms in total. The van der Waals surface area contributed by atoms with Gasteiger partial charge in [0.2, 0.25) is 0 Å². The molecule has 0 aliphatic carbocycles. The minimum atomic E-state index is 0.376. The molecule has 2 rings (SSSR count). The fraction of sp³-hybridized carbons (Fsp3) is 0.357. The van der Waals surface area contributed by atoms with Gasteiger partial charge in [-0.1, -0.05) is 18.5 Å². The number of hydrogen-bond acceptors (Lipinski definition) is 5. The van der Waals surface area contributed by atoms with Crippen LogP contribution in [0.3, 0.4) is 0 Å². The Morgan fingerprint density at radius 2 is 2.19 bits per heavy atom. The zero-order valence-electron chi connectivity index (χ0n) is 11.9. The molecule has 0 spiro atoms. The van der Waals surface area contributed by atoms with Crippen LogP contribution >= 0.6 is 27.5 Å². The second-order valence-corrected chi connectivity index (χ2v) is 5.55. The third-order valence-corrected chi connectivity index (χ3v) is 3.85. The number of nitrogens with zero attached hydrogens (tertiary/aromatic N) is 3. The van der Waals surface area contributed by atoms with Crippen LogP contribution in [0.4, 0.5) is 5.82 Å². The maximum absolute atomic E-state index is 6.18. The van der Waals surface area contributed by atoms with Crippen molar-refractivity contribution in [2.45, 2.75) is 20.0 Å². The second kappa shape index (κ2) is 7.68. The first-order valence-electron chi connectivity index (χ1n) is 6.57. The van der Waals surface area contributed by atoms with Crippen molar-refractivity contribution in [2.75, 3.05) is 19.0 Å². The van der Waals surface area contributed by atoms with Gasteiger partial charge in [0.05, 0.1) is 21.8 Å². The van der Waals surface area contributed by atoms with Crippen LogP contribution in [0.25, 0.3) is 11.5 Å². The van der Waals surface area contributed by atoms with Crippen LogP contribution in [0.5, 0.6) is 0 Å². The number of hydrogen-bond donors (Lipinski definition) is 1. The molecule has 2 aromatic rings. The molecule has 0 amide bonds. The predicted molar refractivity (Wildman–Crippen MR) is 87.5 cm³/mol. The number of anilines is 1. The molecule has 0 aliphatic rings. The van der Waals surface area contributed by atoms with Gasteiger partial charge in [-0.2, -0.15) is 0 Å². The standard InChI is InChI=1S/C14H16BrClN4O/c1-3-6-18-13-11(15)10(8-21-2)19-14(20-13)12-9(16)5-4-7-17-12/h4-5,7H,3,6,8H2,1-2H3,(H,18,19,20). The summed E-state index contributed by atoms with van der Waals surface area (Å²) in [6.45, 7) is 3.29. The summed E-state index contributed by atoms with van der Waals surface area (Å²) in [5.41, 5.74) is 1.31. The molecule has 0 atom stereocenters. The quantitative estimate of drug-likeness (QED) is 0.834. The Morgan fingerprint density at radius 3 is 2.86 bits per heavy atom. The molecule has 1 N–H and O–H groups in total. The maximum Gasteiger partial charge on any atom is 0.182 e. The second-order valence-electron chi connectivity index (χ2n) is 4.35. The lowest BCUT2D eigenvalue weighted by Gasteiger charge is -2.12. The molecular weight excluding hydrogens is 356 g/mol. The first-order chi connectivity index (χ1) is 10.2. The van der Waals surface area contributed by atoms with E-state index in [0.29, 0.717) is 23.1 Å². The van der Waals surface area contributed by atoms with E-state index in [-0.39, 0.29) is 0 Å². The van der Waals surface area contributed by atoms with Crippen LogP contribution in [-0.2, 0) is 11.3 Å². The first kappa shape index (κ1) is 16.1. The average molecular weight is 372 g/mol. The smallest absolute Gasteiger partial charge is 0.182 e. The molecule has 0 aliphatic heterocycles. The maximum atomic E-state index is 6.18. The Labute approximate surface area is 137 Å². The van der Waals surface area contributed by atoms with Crippen molar-refractivity contribution in [1.82, 2.24) is 15.0 Å². The Hall–Kier alpha value is -1.24. The summed E-state index contributed by atoms with van der Waals surface area (Å²) in [6, 6.07) is 3.54. The highest BCUT2D eigenvalue weighted by molar-refractivity contribution is 9.10. The van der Waals surface area contributed by atoms with Gasteiger partial charge in [-0.15, -0.1) is 0 Å². The summed E-state index contributed by atoms with van der Waals surface area (Å²) in [7, 11) is 1.63. The van der Waals surface area contributed by atoms with Crippen molar-refractivity contribution in [2.24, 2.45) is 0 Å². The fourth-order valence-electron chi connectivity index (χ4n) is 1.74. The van der Waals surface area contributed by atoms with Crippen molar-refractivity contribution < 1.29 is 4.74 Å². The summed E-state index contributed by atoms with van der Waals surface area (Å²) < 4.78 is 5.99. The Balaban J connectivity index is 2.50. The molecule has 0 radical (unpaired) electrons. The van der Waals surface area contributed by atoms with Crippen molar-refractivity contribution in [1.29, 1.82) is 0 Å². The molecule has 0 fully saturated rings. The van der Waals surface area contributed by atoms with Crippen molar-refractivity contribution >= 4 is 33.3 Å². The lowest BCUT2D eigenvalue weighted by atomic mass is 10.3. The van der Waals surface area contributed by atoms with Gasteiger partial charge >= 0.3 is 0 Å². The van der Waals surface area contributed by atoms with E-state index in [2.05, 4.69) is 43.1 Å². The molecule has 0 saturated heterocycles. The Morgan fingerprint density at radius 1 is 1.38 bits per heavy atom. The number of halogens is 2. The zero-order valence-corrected chi connectivity index (χ0v) is 14.2. The summed E-state index contributed by atoms with van der Waals surface area (Å²) in [6.07, 6.45) is 2.66. The predicted octanol–water partition coefficient (Wildman–Crippen LogP) is 3.92. The van der Waals surface area contributed by atoms with Crippen LogP contribution in [0.1, 0.15) is 19.0 Å². The van der Waals surface area contributed by atoms with E-state index in [9.17, 15) is 0 Å². The number of rotatable bonds is 6. The number of aromatic nitrogens is 3. The Kier molecular flexibility index (Phi) is 5.90. The molecule has 0 unspecified atom stereocenters. The van der Waals surface area contributed by atoms with Crippen molar-refractivity contribution in [3.8, 4) is 11.5 Å². The normalized spacial score (nSPS) is 10.7. The lowest BCUT2D eigenvalue weighted by Crippen LogP contribution is -2.08. The van der Waals surface area contributed by atoms with E-state index < -0.39 is 0 Å². The van der Waals surface area contributed by atoms with E-state index in [1.165, 1.54) is 0 Å². The van der Waals surface area contributed by atoms with E-state index in [4.69, 9.17) is 16.3 Å². The summed E-state index contributed by atoms with van der Waals surface area (Å²) in [4.78, 5) is 13.3. The molecular formula is C14H16BrClN4O. The van der Waals surface area contributed by atoms with Gasteiger partial charge in [0.1, 0.15) is 11.5 Å². The van der Waals surface area contributed by atoms with Gasteiger partial charge in [0.25, 0.3) is 0 Å². The van der Waals surface area contributed by atoms with E-state index in [1.807, 2.05) is 0 Å². The number of ether oxygens (including phenoxy) is 1. The highest BCUT2D eigenvalue weighted by Crippen LogP contribution is 2.29. The van der Waals surface area contributed by atoms with E-state index in [1.54, 1.807) is 25.4 Å². The summed E-state index contributed by atoms with van der Waals surface area (Å²) >= 11 is 9.70. The lowest BCUT2D eigenvalue weighted by molar-refractivity contribution is 0.181. The largest absolute Gasteiger partial charge is 0.378 e. The minimum Gasteiger partial charge on any atom is -0.378 e. The molecule has 2 aromatic heterocycles. The third kappa shape index (κ3) is 3.90. The first-order valence-corrected chi connectivity index (χ1v) is 7.74. The monoisotopic (exact) mass is 370 g/mol. The molecule has 7 heteroatoms. The molecule has 112 valence electrons. The van der Waals surface area contributed by atoms with Crippen LogP contribution in [0, 0.1) is 0 Å². The van der Waals surface area contributed by atoms with Crippen LogP contribution in [-0.4, -0.2) is 28.6 Å². The van der Waals surface area contributed by atoms with Gasteiger partial charge in [0, 0.05) is 19.9 Å². The zero-order chi connectivity index (χ0) is 15.2. The Bertz CT molecular complexity index is 624. The fourth-order valence-corrected chi connectivity index (χ4v) is 2.38. The molecule has 0 bridgehead atoms. The number of methoxy groups -OCH3 is 1. The minimum absolute atomic E-state index is 0.376.